The molecular formula is C26H27ClN6O4. The maximum Gasteiger partial charge on any atom is 0.324 e. The van der Waals surface area contributed by atoms with Gasteiger partial charge in [-0.1, -0.05) is 32.4 Å². The Morgan fingerprint density at radius 1 is 1.00 bits per heavy atom. The fourth-order valence-corrected chi connectivity index (χ4v) is 3.77. The number of rotatable bonds is 6. The number of carbonyl (C=O) groups excluding carboxylic acids is 2. The van der Waals surface area contributed by atoms with E-state index in [0.717, 1.165) is 5.69 Å². The number of pyridine rings is 1. The number of anilines is 2. The van der Waals surface area contributed by atoms with Crippen molar-refractivity contribution in [1.82, 2.24) is 20.5 Å². The lowest BCUT2D eigenvalue weighted by Crippen LogP contribution is -2.19. The molecule has 0 fully saturated rings. The van der Waals surface area contributed by atoms with Crippen LogP contribution in [0.2, 0.25) is 5.02 Å². The summed E-state index contributed by atoms with van der Waals surface area (Å²) in [5.74, 6) is 1.39. The zero-order valence-electron chi connectivity index (χ0n) is 21.0. The molecule has 10 nitrogen and oxygen atoms in total. The van der Waals surface area contributed by atoms with Gasteiger partial charge in [-0.15, -0.1) is 0 Å². The second kappa shape index (κ2) is 10.4. The Morgan fingerprint density at radius 3 is 2.43 bits per heavy atom. The largest absolute Gasteiger partial charge is 0.496 e. The Bertz CT molecular complexity index is 1480. The molecule has 0 atom stereocenters. The van der Waals surface area contributed by atoms with Gasteiger partial charge in [-0.2, -0.15) is 5.10 Å². The number of urea groups is 1. The summed E-state index contributed by atoms with van der Waals surface area (Å²) in [6, 6.07) is 11.2. The van der Waals surface area contributed by atoms with Crippen LogP contribution in [-0.4, -0.2) is 41.3 Å². The third-order valence-corrected chi connectivity index (χ3v) is 5.79. The van der Waals surface area contributed by atoms with Crippen LogP contribution < -0.4 is 25.4 Å². The van der Waals surface area contributed by atoms with Crippen LogP contribution in [0.5, 0.6) is 17.2 Å². The number of methoxy groups -OCH3 is 1. The third kappa shape index (κ3) is 5.75. The number of hydrogen-bond donors (Lipinski definition) is 4. The molecule has 3 amide bonds. The van der Waals surface area contributed by atoms with Gasteiger partial charge in [-0.3, -0.25) is 20.2 Å². The van der Waals surface area contributed by atoms with E-state index in [1.807, 2.05) is 20.8 Å². The van der Waals surface area contributed by atoms with Crippen LogP contribution in [0.15, 0.2) is 48.7 Å². The van der Waals surface area contributed by atoms with E-state index in [1.165, 1.54) is 7.11 Å². The number of amides is 3. The van der Waals surface area contributed by atoms with Crippen LogP contribution in [-0.2, 0) is 5.41 Å². The fraction of sp³-hybridized carbons (Fsp3) is 0.231. The summed E-state index contributed by atoms with van der Waals surface area (Å²) in [6.07, 6.45) is 1.59. The average Bonchev–Trinajstić information content (AvgIpc) is 3.33. The topological polar surface area (TPSA) is 130 Å². The summed E-state index contributed by atoms with van der Waals surface area (Å²) in [5.41, 5.74) is 2.08. The molecule has 2 heterocycles. The Hall–Kier alpha value is -4.31. The van der Waals surface area contributed by atoms with E-state index in [2.05, 4.69) is 31.1 Å². The van der Waals surface area contributed by atoms with Crippen molar-refractivity contribution < 1.29 is 19.1 Å². The first-order valence-corrected chi connectivity index (χ1v) is 11.8. The zero-order valence-corrected chi connectivity index (χ0v) is 21.8. The van der Waals surface area contributed by atoms with E-state index in [1.54, 1.807) is 55.7 Å². The van der Waals surface area contributed by atoms with Crippen molar-refractivity contribution in [3.05, 3.63) is 64.9 Å². The van der Waals surface area contributed by atoms with Crippen molar-refractivity contribution in [2.45, 2.75) is 26.2 Å². The number of H-pyrrole nitrogens is 1. The van der Waals surface area contributed by atoms with Crippen molar-refractivity contribution >= 4 is 45.9 Å². The van der Waals surface area contributed by atoms with Crippen LogP contribution in [0.4, 0.5) is 16.3 Å². The molecule has 0 spiro atoms. The van der Waals surface area contributed by atoms with Gasteiger partial charge in [0, 0.05) is 41.9 Å². The molecular weight excluding hydrogens is 496 g/mol. The molecule has 192 valence electrons. The molecule has 0 aliphatic carbocycles. The van der Waals surface area contributed by atoms with E-state index < -0.39 is 6.03 Å². The molecule has 0 saturated heterocycles. The number of ether oxygens (including phenoxy) is 2. The van der Waals surface area contributed by atoms with Gasteiger partial charge in [-0.25, -0.2) is 4.79 Å². The van der Waals surface area contributed by atoms with Crippen LogP contribution in [0, 0.1) is 0 Å². The predicted molar refractivity (Wildman–Crippen MR) is 143 cm³/mol. The SMILES string of the molecule is CNC(=O)c1cc2c(Oc3ccc(NC(=O)Nc4cc(C(C)(C)C)n[nH]4)cc3Cl)ccnc2cc1OC. The standard InChI is InChI=1S/C26H27ClN6O4/c1-26(2,3)22-13-23(33-32-22)31-25(35)30-14-6-7-20(17(27)10-14)37-19-8-9-29-18-12-21(36-5)16(11-15(18)19)24(34)28-4/h6-13H,1-5H3,(H,28,34)(H3,30,31,32,33,35). The molecule has 4 rings (SSSR count). The Balaban J connectivity index is 1.52. The Kier molecular flexibility index (Phi) is 7.21. The first-order valence-electron chi connectivity index (χ1n) is 11.4. The average molecular weight is 523 g/mol. The van der Waals surface area contributed by atoms with E-state index in [9.17, 15) is 9.59 Å². The van der Waals surface area contributed by atoms with Gasteiger partial charge >= 0.3 is 6.03 Å². The molecule has 4 N–H and O–H groups in total. The second-order valence-electron chi connectivity index (χ2n) is 9.20. The smallest absolute Gasteiger partial charge is 0.324 e. The summed E-state index contributed by atoms with van der Waals surface area (Å²) in [7, 11) is 3.03. The number of nitrogens with one attached hydrogen (secondary N) is 4. The molecule has 4 aromatic rings. The molecule has 0 bridgehead atoms. The summed E-state index contributed by atoms with van der Waals surface area (Å²) in [6.45, 7) is 6.10. The highest BCUT2D eigenvalue weighted by Crippen LogP contribution is 2.36. The normalized spacial score (nSPS) is 11.2. The van der Waals surface area contributed by atoms with E-state index in [-0.39, 0.29) is 16.3 Å². The minimum Gasteiger partial charge on any atom is -0.496 e. The minimum absolute atomic E-state index is 0.146. The molecule has 0 aliphatic rings. The first kappa shape index (κ1) is 25.8. The molecule has 37 heavy (non-hydrogen) atoms. The lowest BCUT2D eigenvalue weighted by molar-refractivity contribution is 0.0960. The van der Waals surface area contributed by atoms with Gasteiger partial charge in [-0.05, 0) is 30.3 Å². The molecule has 2 aromatic heterocycles. The number of hydrogen-bond acceptors (Lipinski definition) is 6. The number of aromatic amines is 1. The van der Waals surface area contributed by atoms with E-state index in [4.69, 9.17) is 21.1 Å². The fourth-order valence-electron chi connectivity index (χ4n) is 3.55. The van der Waals surface area contributed by atoms with Crippen molar-refractivity contribution in [2.24, 2.45) is 0 Å². The quantitative estimate of drug-likeness (QED) is 0.256. The number of carbonyl (C=O) groups is 2. The Morgan fingerprint density at radius 2 is 1.78 bits per heavy atom. The molecule has 0 radical (unpaired) electrons. The lowest BCUT2D eigenvalue weighted by atomic mass is 9.92. The minimum atomic E-state index is -0.454. The number of nitrogens with zero attached hydrogens (tertiary/aromatic N) is 2. The monoisotopic (exact) mass is 522 g/mol. The lowest BCUT2D eigenvalue weighted by Gasteiger charge is -2.14. The van der Waals surface area contributed by atoms with E-state index in [0.29, 0.717) is 45.2 Å². The van der Waals surface area contributed by atoms with Crippen LogP contribution in [0.25, 0.3) is 10.9 Å². The number of halogens is 1. The molecule has 0 aliphatic heterocycles. The summed E-state index contributed by atoms with van der Waals surface area (Å²) >= 11 is 6.47. The Labute approximate surface area is 218 Å². The highest BCUT2D eigenvalue weighted by molar-refractivity contribution is 6.32. The van der Waals surface area contributed by atoms with Gasteiger partial charge in [0.1, 0.15) is 23.1 Å². The van der Waals surface area contributed by atoms with Crippen LogP contribution in [0.3, 0.4) is 0 Å². The van der Waals surface area contributed by atoms with Gasteiger partial charge in [0.25, 0.3) is 5.91 Å². The molecule has 0 saturated carbocycles. The highest BCUT2D eigenvalue weighted by Gasteiger charge is 2.19. The zero-order chi connectivity index (χ0) is 26.7. The summed E-state index contributed by atoms with van der Waals surface area (Å²) in [5, 5.41) is 16.0. The van der Waals surface area contributed by atoms with Crippen molar-refractivity contribution in [3.8, 4) is 17.2 Å². The summed E-state index contributed by atoms with van der Waals surface area (Å²) in [4.78, 5) is 29.1. The molecule has 2 aromatic carbocycles. The van der Waals surface area contributed by atoms with E-state index >= 15 is 0 Å². The van der Waals surface area contributed by atoms with Gasteiger partial charge < -0.3 is 20.1 Å². The number of fused-ring (bicyclic) bond motifs is 1. The summed E-state index contributed by atoms with van der Waals surface area (Å²) < 4.78 is 11.4. The van der Waals surface area contributed by atoms with Gasteiger partial charge in [0.15, 0.2) is 0 Å². The van der Waals surface area contributed by atoms with Crippen molar-refractivity contribution in [3.63, 3.8) is 0 Å². The molecule has 0 unspecified atom stereocenters. The number of benzene rings is 2. The van der Waals surface area contributed by atoms with Crippen molar-refractivity contribution in [1.29, 1.82) is 0 Å². The van der Waals surface area contributed by atoms with Crippen LogP contribution in [0.1, 0.15) is 36.8 Å². The maximum absolute atomic E-state index is 12.4. The van der Waals surface area contributed by atoms with Gasteiger partial charge in [0.2, 0.25) is 0 Å². The van der Waals surface area contributed by atoms with Crippen molar-refractivity contribution in [2.75, 3.05) is 24.8 Å². The maximum atomic E-state index is 12.4. The predicted octanol–water partition coefficient (Wildman–Crippen LogP) is 5.71. The number of aromatic nitrogens is 3. The van der Waals surface area contributed by atoms with Gasteiger partial charge in [0.05, 0.1) is 28.9 Å². The third-order valence-electron chi connectivity index (χ3n) is 5.50. The molecule has 11 heteroatoms. The second-order valence-corrected chi connectivity index (χ2v) is 9.61. The van der Waals surface area contributed by atoms with Crippen LogP contribution >= 0.6 is 11.6 Å². The first-order chi connectivity index (χ1) is 17.6. The highest BCUT2D eigenvalue weighted by atomic mass is 35.5.